The van der Waals surface area contributed by atoms with E-state index in [4.69, 9.17) is 0 Å². The molecule has 0 aliphatic heterocycles. The predicted molar refractivity (Wildman–Crippen MR) is 97.7 cm³/mol. The molecule has 26 heavy (non-hydrogen) atoms. The standard InChI is InChI=1S/C19H20N4O3/c24-13-6-4-12(5-7-13)21-19-20-10-8-17(22-19)23-11-9-14-15(18(25)26)2-1-3-16(14)23/h1-3,8-13,24H,4-7H2,(H,25,26)(H,20,21,22). The van der Waals surface area contributed by atoms with E-state index in [9.17, 15) is 15.0 Å². The first kappa shape index (κ1) is 16.5. The van der Waals surface area contributed by atoms with Crippen molar-refractivity contribution in [2.24, 2.45) is 0 Å². The maximum atomic E-state index is 11.4. The number of hydrogen-bond donors (Lipinski definition) is 3. The Kier molecular flexibility index (Phi) is 4.30. The minimum Gasteiger partial charge on any atom is -0.478 e. The highest BCUT2D eigenvalue weighted by Crippen LogP contribution is 2.24. The molecule has 0 atom stereocenters. The number of benzene rings is 1. The van der Waals surface area contributed by atoms with Crippen LogP contribution in [0, 0.1) is 0 Å². The number of carboxylic acids is 1. The summed E-state index contributed by atoms with van der Waals surface area (Å²) >= 11 is 0. The van der Waals surface area contributed by atoms with Crippen LogP contribution in [0.25, 0.3) is 16.7 Å². The summed E-state index contributed by atoms with van der Waals surface area (Å²) in [6.07, 6.45) is 6.67. The van der Waals surface area contributed by atoms with Crippen molar-refractivity contribution in [3.8, 4) is 5.82 Å². The van der Waals surface area contributed by atoms with Crippen LogP contribution in [0.5, 0.6) is 0 Å². The van der Waals surface area contributed by atoms with Gasteiger partial charge in [-0.1, -0.05) is 6.07 Å². The largest absolute Gasteiger partial charge is 0.478 e. The molecule has 0 bridgehead atoms. The van der Waals surface area contributed by atoms with Gasteiger partial charge in [-0.3, -0.25) is 0 Å². The third kappa shape index (κ3) is 3.13. The Morgan fingerprint density at radius 2 is 1.96 bits per heavy atom. The van der Waals surface area contributed by atoms with Crippen LogP contribution in [0.1, 0.15) is 36.0 Å². The summed E-state index contributed by atoms with van der Waals surface area (Å²) in [5.41, 5.74) is 1.06. The van der Waals surface area contributed by atoms with Crippen LogP contribution < -0.4 is 5.32 Å². The van der Waals surface area contributed by atoms with E-state index in [2.05, 4.69) is 15.3 Å². The van der Waals surface area contributed by atoms with Gasteiger partial charge in [0.05, 0.1) is 17.2 Å². The number of anilines is 1. The highest BCUT2D eigenvalue weighted by Gasteiger charge is 2.20. The molecule has 1 aromatic carbocycles. The smallest absolute Gasteiger partial charge is 0.336 e. The second-order valence-electron chi connectivity index (χ2n) is 6.62. The molecule has 134 valence electrons. The highest BCUT2D eigenvalue weighted by molar-refractivity contribution is 6.03. The van der Waals surface area contributed by atoms with Crippen molar-refractivity contribution in [1.82, 2.24) is 14.5 Å². The highest BCUT2D eigenvalue weighted by atomic mass is 16.4. The summed E-state index contributed by atoms with van der Waals surface area (Å²) in [6.45, 7) is 0. The average molecular weight is 352 g/mol. The topological polar surface area (TPSA) is 100 Å². The molecule has 4 rings (SSSR count). The summed E-state index contributed by atoms with van der Waals surface area (Å²) in [4.78, 5) is 20.3. The quantitative estimate of drug-likeness (QED) is 0.668. The second-order valence-corrected chi connectivity index (χ2v) is 6.62. The number of nitrogens with zero attached hydrogens (tertiary/aromatic N) is 3. The van der Waals surface area contributed by atoms with E-state index in [1.54, 1.807) is 30.5 Å². The first-order chi connectivity index (χ1) is 12.6. The van der Waals surface area contributed by atoms with Crippen LogP contribution >= 0.6 is 0 Å². The number of aromatic nitrogens is 3. The van der Waals surface area contributed by atoms with Crippen molar-refractivity contribution in [3.05, 3.63) is 48.3 Å². The lowest BCUT2D eigenvalue weighted by Crippen LogP contribution is -2.29. The number of rotatable bonds is 4. The maximum Gasteiger partial charge on any atom is 0.336 e. The van der Waals surface area contributed by atoms with Gasteiger partial charge in [0.2, 0.25) is 5.95 Å². The Labute approximate surface area is 150 Å². The molecule has 2 aromatic heterocycles. The lowest BCUT2D eigenvalue weighted by molar-refractivity contribution is 0.0699. The van der Waals surface area contributed by atoms with E-state index < -0.39 is 5.97 Å². The molecular weight excluding hydrogens is 332 g/mol. The van der Waals surface area contributed by atoms with E-state index >= 15 is 0 Å². The summed E-state index contributed by atoms with van der Waals surface area (Å²) < 4.78 is 1.86. The van der Waals surface area contributed by atoms with E-state index in [0.29, 0.717) is 17.2 Å². The number of aliphatic hydroxyl groups is 1. The number of carbonyl (C=O) groups is 1. The Morgan fingerprint density at radius 3 is 2.73 bits per heavy atom. The molecular formula is C19H20N4O3. The fourth-order valence-electron chi connectivity index (χ4n) is 3.51. The number of aromatic carboxylic acids is 1. The molecule has 0 spiro atoms. The molecule has 3 N–H and O–H groups in total. The van der Waals surface area contributed by atoms with Gasteiger partial charge in [0.15, 0.2) is 0 Å². The first-order valence-electron chi connectivity index (χ1n) is 8.73. The molecule has 1 aliphatic carbocycles. The Hall–Kier alpha value is -2.93. The van der Waals surface area contributed by atoms with Crippen molar-refractivity contribution in [2.75, 3.05) is 5.32 Å². The van der Waals surface area contributed by atoms with Gasteiger partial charge in [0.25, 0.3) is 0 Å². The lowest BCUT2D eigenvalue weighted by atomic mass is 9.93. The SMILES string of the molecule is O=C(O)c1cccc2c1ccn2-c1ccnc(NC2CCC(O)CC2)n1. The van der Waals surface area contributed by atoms with Gasteiger partial charge in [-0.05, 0) is 49.9 Å². The van der Waals surface area contributed by atoms with E-state index in [1.165, 1.54) is 0 Å². The molecule has 7 nitrogen and oxygen atoms in total. The zero-order chi connectivity index (χ0) is 18.1. The number of hydrogen-bond acceptors (Lipinski definition) is 5. The molecule has 0 radical (unpaired) electrons. The van der Waals surface area contributed by atoms with Gasteiger partial charge in [-0.15, -0.1) is 0 Å². The van der Waals surface area contributed by atoms with Crippen molar-refractivity contribution in [2.45, 2.75) is 37.8 Å². The Bertz CT molecular complexity index is 945. The first-order valence-corrected chi connectivity index (χ1v) is 8.73. The molecule has 0 saturated heterocycles. The number of carboxylic acid groups (broad SMARTS) is 1. The number of nitrogens with one attached hydrogen (secondary N) is 1. The molecule has 1 aliphatic rings. The zero-order valence-electron chi connectivity index (χ0n) is 14.2. The number of aliphatic hydroxyl groups excluding tert-OH is 1. The van der Waals surface area contributed by atoms with E-state index in [-0.39, 0.29) is 17.7 Å². The van der Waals surface area contributed by atoms with E-state index in [1.807, 2.05) is 16.8 Å². The molecule has 0 amide bonds. The zero-order valence-corrected chi connectivity index (χ0v) is 14.2. The van der Waals surface area contributed by atoms with Crippen LogP contribution in [0.15, 0.2) is 42.7 Å². The van der Waals surface area contributed by atoms with Crippen molar-refractivity contribution >= 4 is 22.8 Å². The molecule has 7 heteroatoms. The minimum absolute atomic E-state index is 0.199. The van der Waals surface area contributed by atoms with Crippen molar-refractivity contribution in [1.29, 1.82) is 0 Å². The van der Waals surface area contributed by atoms with Gasteiger partial charge in [-0.2, -0.15) is 4.98 Å². The summed E-state index contributed by atoms with van der Waals surface area (Å²) in [5.74, 6) is 0.272. The van der Waals surface area contributed by atoms with Crippen LogP contribution in [-0.2, 0) is 0 Å². The van der Waals surface area contributed by atoms with Crippen LogP contribution in [0.4, 0.5) is 5.95 Å². The molecule has 1 saturated carbocycles. The third-order valence-corrected chi connectivity index (χ3v) is 4.88. The third-order valence-electron chi connectivity index (χ3n) is 4.88. The maximum absolute atomic E-state index is 11.4. The van der Waals surface area contributed by atoms with Crippen molar-refractivity contribution in [3.63, 3.8) is 0 Å². The van der Waals surface area contributed by atoms with Gasteiger partial charge < -0.3 is 20.1 Å². The van der Waals surface area contributed by atoms with Gasteiger partial charge >= 0.3 is 5.97 Å². The molecule has 2 heterocycles. The second kappa shape index (κ2) is 6.76. The lowest BCUT2D eigenvalue weighted by Gasteiger charge is -2.26. The summed E-state index contributed by atoms with van der Waals surface area (Å²) in [6, 6.07) is 9.04. The Morgan fingerprint density at radius 1 is 1.15 bits per heavy atom. The fraction of sp³-hybridized carbons (Fsp3) is 0.316. The normalized spacial score (nSPS) is 20.2. The number of fused-ring (bicyclic) bond motifs is 1. The molecule has 0 unspecified atom stereocenters. The van der Waals surface area contributed by atoms with Crippen LogP contribution in [0.2, 0.25) is 0 Å². The van der Waals surface area contributed by atoms with Crippen molar-refractivity contribution < 1.29 is 15.0 Å². The van der Waals surface area contributed by atoms with E-state index in [0.717, 1.165) is 31.2 Å². The predicted octanol–water partition coefficient (Wildman–Crippen LogP) is 2.83. The van der Waals surface area contributed by atoms with Gasteiger partial charge in [-0.25, -0.2) is 9.78 Å². The Balaban J connectivity index is 1.64. The molecule has 1 fully saturated rings. The summed E-state index contributed by atoms with van der Waals surface area (Å²) in [5, 5.41) is 23.0. The van der Waals surface area contributed by atoms with Gasteiger partial charge in [0, 0.05) is 23.8 Å². The monoisotopic (exact) mass is 352 g/mol. The van der Waals surface area contributed by atoms with Gasteiger partial charge in [0.1, 0.15) is 5.82 Å². The van der Waals surface area contributed by atoms with Crippen LogP contribution in [-0.4, -0.2) is 42.9 Å². The summed E-state index contributed by atoms with van der Waals surface area (Å²) in [7, 11) is 0. The average Bonchev–Trinajstić information content (AvgIpc) is 3.08. The minimum atomic E-state index is -0.946. The van der Waals surface area contributed by atoms with Crippen LogP contribution in [0.3, 0.4) is 0 Å². The molecule has 3 aromatic rings. The fourth-order valence-corrected chi connectivity index (χ4v) is 3.51.